The SMILES string of the molecule is CCCCCCCCCCCC(=O)OCC1(COC(=O)CCCCCCCCCCC)CCN(C(=O)CCN2CCCC2)CC1. The highest BCUT2D eigenvalue weighted by Crippen LogP contribution is 2.33. The highest BCUT2D eigenvalue weighted by Gasteiger charge is 2.38. The van der Waals surface area contributed by atoms with E-state index in [0.29, 0.717) is 45.2 Å². The fraction of sp³-hybridized carbons (Fsp3) is 0.921. The summed E-state index contributed by atoms with van der Waals surface area (Å²) in [4.78, 5) is 42.6. The van der Waals surface area contributed by atoms with Crippen molar-refractivity contribution < 1.29 is 23.9 Å². The molecular formula is C38H70N2O5. The van der Waals surface area contributed by atoms with Gasteiger partial charge < -0.3 is 19.3 Å². The lowest BCUT2D eigenvalue weighted by Crippen LogP contribution is -2.48. The molecule has 1 amide bonds. The van der Waals surface area contributed by atoms with E-state index < -0.39 is 5.41 Å². The van der Waals surface area contributed by atoms with Gasteiger partial charge >= 0.3 is 11.9 Å². The molecule has 262 valence electrons. The number of carbonyl (C=O) groups excluding carboxylic acids is 3. The minimum atomic E-state index is -0.409. The molecule has 2 aliphatic rings. The molecule has 0 N–H and O–H groups in total. The fourth-order valence-electron chi connectivity index (χ4n) is 6.75. The first-order valence-corrected chi connectivity index (χ1v) is 19.3. The van der Waals surface area contributed by atoms with Gasteiger partial charge in [-0.25, -0.2) is 0 Å². The third kappa shape index (κ3) is 18.9. The molecule has 0 aromatic carbocycles. The van der Waals surface area contributed by atoms with Gasteiger partial charge in [0.25, 0.3) is 0 Å². The van der Waals surface area contributed by atoms with E-state index in [1.165, 1.54) is 103 Å². The van der Waals surface area contributed by atoms with Gasteiger partial charge in [0.2, 0.25) is 5.91 Å². The predicted octanol–water partition coefficient (Wildman–Crippen LogP) is 9.01. The van der Waals surface area contributed by atoms with Gasteiger partial charge in [-0.3, -0.25) is 14.4 Å². The second kappa shape index (κ2) is 25.5. The second-order valence-corrected chi connectivity index (χ2v) is 14.2. The largest absolute Gasteiger partial charge is 0.465 e. The number of hydrogen-bond donors (Lipinski definition) is 0. The molecule has 0 aromatic heterocycles. The Kier molecular flexibility index (Phi) is 22.4. The van der Waals surface area contributed by atoms with E-state index in [0.717, 1.165) is 45.3 Å². The van der Waals surface area contributed by atoms with E-state index in [2.05, 4.69) is 18.7 Å². The molecule has 2 aliphatic heterocycles. The average molecular weight is 635 g/mol. The number of ether oxygens (including phenoxy) is 2. The highest BCUT2D eigenvalue weighted by molar-refractivity contribution is 5.76. The quantitative estimate of drug-likeness (QED) is 0.0663. The first-order chi connectivity index (χ1) is 22.0. The summed E-state index contributed by atoms with van der Waals surface area (Å²) in [5.74, 6) is -0.0925. The molecule has 0 aliphatic carbocycles. The summed E-state index contributed by atoms with van der Waals surface area (Å²) in [5, 5.41) is 0. The summed E-state index contributed by atoms with van der Waals surface area (Å²) >= 11 is 0. The summed E-state index contributed by atoms with van der Waals surface area (Å²) in [6, 6.07) is 0. The molecule has 0 radical (unpaired) electrons. The molecule has 2 saturated heterocycles. The van der Waals surface area contributed by atoms with Crippen LogP contribution in [0, 0.1) is 5.41 Å². The fourth-order valence-corrected chi connectivity index (χ4v) is 6.75. The minimum absolute atomic E-state index is 0.150. The van der Waals surface area contributed by atoms with E-state index >= 15 is 0 Å². The van der Waals surface area contributed by atoms with Gasteiger partial charge in [0.05, 0.1) is 0 Å². The monoisotopic (exact) mass is 635 g/mol. The van der Waals surface area contributed by atoms with Crippen LogP contribution in [0.1, 0.15) is 174 Å². The number of amides is 1. The van der Waals surface area contributed by atoms with Crippen LogP contribution in [0.5, 0.6) is 0 Å². The maximum Gasteiger partial charge on any atom is 0.305 e. The van der Waals surface area contributed by atoms with Crippen LogP contribution >= 0.6 is 0 Å². The summed E-state index contributed by atoms with van der Waals surface area (Å²) in [5.41, 5.74) is -0.409. The van der Waals surface area contributed by atoms with Crippen LogP contribution in [0.15, 0.2) is 0 Å². The molecule has 0 bridgehead atoms. The van der Waals surface area contributed by atoms with Crippen LogP contribution in [0.25, 0.3) is 0 Å². The summed E-state index contributed by atoms with van der Waals surface area (Å²) in [7, 11) is 0. The zero-order valence-electron chi connectivity index (χ0n) is 29.6. The maximum absolute atomic E-state index is 12.9. The summed E-state index contributed by atoms with van der Waals surface area (Å²) in [6.45, 7) is 9.33. The lowest BCUT2D eigenvalue weighted by molar-refractivity contribution is -0.158. The Morgan fingerprint density at radius 1 is 0.533 bits per heavy atom. The second-order valence-electron chi connectivity index (χ2n) is 14.2. The average Bonchev–Trinajstić information content (AvgIpc) is 3.58. The number of unbranched alkanes of at least 4 members (excludes halogenated alkanes) is 16. The normalized spacial score (nSPS) is 16.6. The zero-order chi connectivity index (χ0) is 32.4. The Morgan fingerprint density at radius 3 is 1.36 bits per heavy atom. The van der Waals surface area contributed by atoms with Crippen LogP contribution in [-0.2, 0) is 23.9 Å². The Labute approximate surface area is 276 Å². The topological polar surface area (TPSA) is 76.1 Å². The van der Waals surface area contributed by atoms with E-state index in [9.17, 15) is 14.4 Å². The smallest absolute Gasteiger partial charge is 0.305 e. The highest BCUT2D eigenvalue weighted by atomic mass is 16.5. The number of rotatable bonds is 27. The molecule has 2 rings (SSSR count). The van der Waals surface area contributed by atoms with Gasteiger partial charge in [-0.1, -0.05) is 117 Å². The van der Waals surface area contributed by atoms with Gasteiger partial charge in [0.15, 0.2) is 0 Å². The molecule has 0 atom stereocenters. The number of nitrogens with zero attached hydrogens (tertiary/aromatic N) is 2. The molecular weight excluding hydrogens is 564 g/mol. The van der Waals surface area contributed by atoms with Crippen molar-refractivity contribution in [3.63, 3.8) is 0 Å². The molecule has 7 heteroatoms. The van der Waals surface area contributed by atoms with Crippen LogP contribution in [0.4, 0.5) is 0 Å². The van der Waals surface area contributed by atoms with E-state index in [-0.39, 0.29) is 31.1 Å². The van der Waals surface area contributed by atoms with Gasteiger partial charge in [-0.15, -0.1) is 0 Å². The summed E-state index contributed by atoms with van der Waals surface area (Å²) in [6.07, 6.45) is 27.2. The number of esters is 2. The van der Waals surface area contributed by atoms with Gasteiger partial charge in [-0.2, -0.15) is 0 Å². The molecule has 0 spiro atoms. The minimum Gasteiger partial charge on any atom is -0.465 e. The van der Waals surface area contributed by atoms with Crippen LogP contribution in [-0.4, -0.2) is 73.6 Å². The van der Waals surface area contributed by atoms with Crippen molar-refractivity contribution in [2.45, 2.75) is 174 Å². The zero-order valence-corrected chi connectivity index (χ0v) is 29.6. The first-order valence-electron chi connectivity index (χ1n) is 19.3. The van der Waals surface area contributed by atoms with Crippen LogP contribution in [0.3, 0.4) is 0 Å². The molecule has 45 heavy (non-hydrogen) atoms. The van der Waals surface area contributed by atoms with E-state index in [4.69, 9.17) is 9.47 Å². The Hall–Kier alpha value is -1.63. The number of hydrogen-bond acceptors (Lipinski definition) is 6. The lowest BCUT2D eigenvalue weighted by Gasteiger charge is -2.41. The first kappa shape index (κ1) is 39.5. The van der Waals surface area contributed by atoms with Gasteiger partial charge in [-0.05, 0) is 51.6 Å². The van der Waals surface area contributed by atoms with Gasteiger partial charge in [0.1, 0.15) is 13.2 Å². The van der Waals surface area contributed by atoms with E-state index in [1.54, 1.807) is 0 Å². The number of likely N-dealkylation sites (tertiary alicyclic amines) is 2. The maximum atomic E-state index is 12.9. The third-order valence-corrected chi connectivity index (χ3v) is 10.1. The third-order valence-electron chi connectivity index (χ3n) is 10.1. The van der Waals surface area contributed by atoms with E-state index in [1.807, 2.05) is 4.90 Å². The summed E-state index contributed by atoms with van der Waals surface area (Å²) < 4.78 is 11.6. The molecule has 0 aromatic rings. The van der Waals surface area contributed by atoms with Crippen molar-refractivity contribution in [3.05, 3.63) is 0 Å². The van der Waals surface area contributed by atoms with Crippen molar-refractivity contribution in [2.24, 2.45) is 5.41 Å². The van der Waals surface area contributed by atoms with Crippen LogP contribution < -0.4 is 0 Å². The molecule has 0 unspecified atom stereocenters. The van der Waals surface area contributed by atoms with Gasteiger partial charge in [0, 0.05) is 44.3 Å². The lowest BCUT2D eigenvalue weighted by atomic mass is 9.79. The van der Waals surface area contributed by atoms with Crippen molar-refractivity contribution in [1.82, 2.24) is 9.80 Å². The molecule has 0 saturated carbocycles. The van der Waals surface area contributed by atoms with Crippen molar-refractivity contribution in [3.8, 4) is 0 Å². The van der Waals surface area contributed by atoms with Crippen LogP contribution in [0.2, 0.25) is 0 Å². The Morgan fingerprint density at radius 2 is 0.933 bits per heavy atom. The standard InChI is InChI=1S/C38H70N2O5/c1-3-5-7-9-11-13-15-17-19-23-36(42)44-33-38(34-45-37(43)24-20-18-16-14-12-10-8-6-4-2)26-31-40(32-27-38)35(41)25-30-39-28-21-22-29-39/h3-34H2,1-2H3. The molecule has 2 heterocycles. The Bertz CT molecular complexity index is 734. The molecule has 2 fully saturated rings. The van der Waals surface area contributed by atoms with Crippen molar-refractivity contribution in [1.29, 1.82) is 0 Å². The van der Waals surface area contributed by atoms with Crippen molar-refractivity contribution >= 4 is 17.8 Å². The number of piperidine rings is 1. The predicted molar refractivity (Wildman–Crippen MR) is 184 cm³/mol. The molecule has 7 nitrogen and oxygen atoms in total. The number of carbonyl (C=O) groups is 3. The Balaban J connectivity index is 1.72. The van der Waals surface area contributed by atoms with Crippen molar-refractivity contribution in [2.75, 3.05) is 45.9 Å².